The highest BCUT2D eigenvalue weighted by Gasteiger charge is 2.28. The first-order chi connectivity index (χ1) is 10.6. The molecule has 7 nitrogen and oxygen atoms in total. The number of ketones is 1. The van der Waals surface area contributed by atoms with Crippen molar-refractivity contribution in [1.29, 1.82) is 0 Å². The number of carbonyl (C=O) groups excluding carboxylic acids is 2. The number of alkyl carbamates (subject to hydrolysis) is 1. The van der Waals surface area contributed by atoms with E-state index >= 15 is 0 Å². The third-order valence-corrected chi connectivity index (χ3v) is 3.42. The van der Waals surface area contributed by atoms with E-state index in [0.717, 1.165) is 10.5 Å². The number of carbonyl (C=O) groups is 3. The molecule has 0 aromatic heterocycles. The van der Waals surface area contributed by atoms with Gasteiger partial charge in [-0.25, -0.2) is 9.59 Å². The predicted molar refractivity (Wildman–Crippen MR) is 77.4 cm³/mol. The summed E-state index contributed by atoms with van der Waals surface area (Å²) >= 11 is 0. The zero-order valence-corrected chi connectivity index (χ0v) is 12.0. The van der Waals surface area contributed by atoms with Crippen LogP contribution in [0, 0.1) is 0 Å². The Morgan fingerprint density at radius 3 is 2.73 bits per heavy atom. The Morgan fingerprint density at radius 2 is 2.05 bits per heavy atom. The van der Waals surface area contributed by atoms with E-state index in [1.165, 1.54) is 0 Å². The molecule has 0 unspecified atom stereocenters. The molecule has 0 bridgehead atoms. The van der Waals surface area contributed by atoms with Crippen LogP contribution in [0.1, 0.15) is 18.4 Å². The van der Waals surface area contributed by atoms with E-state index in [1.807, 2.05) is 30.3 Å². The summed E-state index contributed by atoms with van der Waals surface area (Å²) in [6.45, 7) is 0.336. The van der Waals surface area contributed by atoms with Gasteiger partial charge >= 0.3 is 12.2 Å². The summed E-state index contributed by atoms with van der Waals surface area (Å²) in [5, 5.41) is 11.5. The molecule has 1 aromatic carbocycles. The maximum absolute atomic E-state index is 11.9. The maximum Gasteiger partial charge on any atom is 0.408 e. The van der Waals surface area contributed by atoms with Crippen molar-refractivity contribution in [2.75, 3.05) is 13.1 Å². The lowest BCUT2D eigenvalue weighted by molar-refractivity contribution is -0.120. The van der Waals surface area contributed by atoms with Gasteiger partial charge in [0.05, 0.1) is 6.54 Å². The van der Waals surface area contributed by atoms with Gasteiger partial charge in [0.15, 0.2) is 5.78 Å². The van der Waals surface area contributed by atoms with E-state index in [0.29, 0.717) is 6.42 Å². The summed E-state index contributed by atoms with van der Waals surface area (Å²) in [6.07, 6.45) is -1.12. The second kappa shape index (κ2) is 7.44. The number of nitrogens with zero attached hydrogens (tertiary/aromatic N) is 1. The number of hydrogen-bond donors (Lipinski definition) is 2. The van der Waals surface area contributed by atoms with Crippen molar-refractivity contribution < 1.29 is 24.2 Å². The van der Waals surface area contributed by atoms with Crippen LogP contribution in [-0.2, 0) is 16.1 Å². The standard InChI is InChI=1S/C15H18N2O5/c18-13-7-4-8-17(15(20)21)9-12(13)16-14(19)22-10-11-5-2-1-3-6-11/h1-3,5-6,12H,4,7-10H2,(H,16,19)(H,20,21)/t12-/m1/s1. The van der Waals surface area contributed by atoms with E-state index in [2.05, 4.69) is 5.32 Å². The van der Waals surface area contributed by atoms with Crippen LogP contribution in [0.25, 0.3) is 0 Å². The normalized spacial score (nSPS) is 18.5. The van der Waals surface area contributed by atoms with Gasteiger partial charge in [-0.1, -0.05) is 30.3 Å². The molecule has 1 fully saturated rings. The van der Waals surface area contributed by atoms with Crippen molar-refractivity contribution in [1.82, 2.24) is 10.2 Å². The fourth-order valence-corrected chi connectivity index (χ4v) is 2.24. The van der Waals surface area contributed by atoms with E-state index in [9.17, 15) is 14.4 Å². The maximum atomic E-state index is 11.9. The summed E-state index contributed by atoms with van der Waals surface area (Å²) in [5.74, 6) is -0.180. The SMILES string of the molecule is O=C(N[C@@H]1CN(C(=O)O)CCCC1=O)OCc1ccccc1. The first kappa shape index (κ1) is 15.8. The zero-order valence-electron chi connectivity index (χ0n) is 12.0. The second-order valence-corrected chi connectivity index (χ2v) is 5.06. The molecule has 2 N–H and O–H groups in total. The number of hydrogen-bond acceptors (Lipinski definition) is 4. The number of rotatable bonds is 3. The summed E-state index contributed by atoms with van der Waals surface area (Å²) in [4.78, 5) is 35.8. The van der Waals surface area contributed by atoms with Crippen molar-refractivity contribution in [3.05, 3.63) is 35.9 Å². The van der Waals surface area contributed by atoms with Gasteiger partial charge in [0.2, 0.25) is 0 Å². The molecule has 22 heavy (non-hydrogen) atoms. The molecule has 1 aliphatic rings. The van der Waals surface area contributed by atoms with Crippen LogP contribution in [0.15, 0.2) is 30.3 Å². The Balaban J connectivity index is 1.88. The number of ether oxygens (including phenoxy) is 1. The Hall–Kier alpha value is -2.57. The zero-order chi connectivity index (χ0) is 15.9. The van der Waals surface area contributed by atoms with Gasteiger partial charge in [-0.05, 0) is 12.0 Å². The lowest BCUT2D eigenvalue weighted by Crippen LogP contribution is -2.48. The quantitative estimate of drug-likeness (QED) is 0.884. The van der Waals surface area contributed by atoms with E-state index in [4.69, 9.17) is 9.84 Å². The molecule has 1 aromatic rings. The number of Topliss-reactive ketones (excluding diaryl/α,β-unsaturated/α-hetero) is 1. The molecule has 1 atom stereocenters. The molecule has 2 rings (SSSR count). The average molecular weight is 306 g/mol. The summed E-state index contributed by atoms with van der Waals surface area (Å²) < 4.78 is 5.05. The van der Waals surface area contributed by atoms with Crippen molar-refractivity contribution in [3.8, 4) is 0 Å². The van der Waals surface area contributed by atoms with Crippen molar-refractivity contribution >= 4 is 18.0 Å². The minimum Gasteiger partial charge on any atom is -0.465 e. The molecular weight excluding hydrogens is 288 g/mol. The first-order valence-electron chi connectivity index (χ1n) is 7.04. The molecule has 1 saturated heterocycles. The third-order valence-electron chi connectivity index (χ3n) is 3.42. The largest absolute Gasteiger partial charge is 0.465 e. The van der Waals surface area contributed by atoms with E-state index in [-0.39, 0.29) is 31.9 Å². The molecule has 1 heterocycles. The van der Waals surface area contributed by atoms with Crippen LogP contribution in [0.5, 0.6) is 0 Å². The van der Waals surface area contributed by atoms with Crippen LogP contribution in [0.4, 0.5) is 9.59 Å². The summed E-state index contributed by atoms with van der Waals surface area (Å²) in [6, 6.07) is 8.29. The van der Waals surface area contributed by atoms with Gasteiger partial charge in [-0.3, -0.25) is 4.79 Å². The highest BCUT2D eigenvalue weighted by Crippen LogP contribution is 2.09. The average Bonchev–Trinajstić information content (AvgIpc) is 2.69. The van der Waals surface area contributed by atoms with Gasteiger partial charge in [-0.15, -0.1) is 0 Å². The van der Waals surface area contributed by atoms with Gasteiger partial charge in [0, 0.05) is 13.0 Å². The molecule has 118 valence electrons. The van der Waals surface area contributed by atoms with Crippen LogP contribution in [-0.4, -0.2) is 47.1 Å². The number of nitrogens with one attached hydrogen (secondary N) is 1. The van der Waals surface area contributed by atoms with Gasteiger partial charge in [0.25, 0.3) is 0 Å². The van der Waals surface area contributed by atoms with Crippen molar-refractivity contribution in [2.45, 2.75) is 25.5 Å². The fraction of sp³-hybridized carbons (Fsp3) is 0.400. The van der Waals surface area contributed by atoms with Crippen molar-refractivity contribution in [2.24, 2.45) is 0 Å². The Labute approximate surface area is 127 Å². The van der Waals surface area contributed by atoms with Crippen LogP contribution in [0.2, 0.25) is 0 Å². The van der Waals surface area contributed by atoms with Gasteiger partial charge in [0.1, 0.15) is 12.6 Å². The number of likely N-dealkylation sites (tertiary alicyclic amines) is 1. The smallest absolute Gasteiger partial charge is 0.408 e. The lowest BCUT2D eigenvalue weighted by atomic mass is 10.1. The molecule has 0 spiro atoms. The van der Waals surface area contributed by atoms with E-state index in [1.54, 1.807) is 0 Å². The predicted octanol–water partition coefficient (Wildman–Crippen LogP) is 1.62. The van der Waals surface area contributed by atoms with Crippen LogP contribution >= 0.6 is 0 Å². The minimum atomic E-state index is -1.10. The highest BCUT2D eigenvalue weighted by atomic mass is 16.5. The van der Waals surface area contributed by atoms with Gasteiger partial charge in [-0.2, -0.15) is 0 Å². The molecule has 0 aliphatic carbocycles. The molecule has 2 amide bonds. The molecule has 0 radical (unpaired) electrons. The van der Waals surface area contributed by atoms with Crippen LogP contribution < -0.4 is 5.32 Å². The van der Waals surface area contributed by atoms with Crippen LogP contribution in [0.3, 0.4) is 0 Å². The summed E-state index contributed by atoms with van der Waals surface area (Å²) in [5.41, 5.74) is 0.831. The second-order valence-electron chi connectivity index (χ2n) is 5.06. The minimum absolute atomic E-state index is 0.0470. The highest BCUT2D eigenvalue weighted by molar-refractivity contribution is 5.88. The topological polar surface area (TPSA) is 95.9 Å². The Morgan fingerprint density at radius 1 is 1.32 bits per heavy atom. The monoisotopic (exact) mass is 306 g/mol. The van der Waals surface area contributed by atoms with E-state index < -0.39 is 18.2 Å². The molecule has 1 aliphatic heterocycles. The molecular formula is C15H18N2O5. The summed E-state index contributed by atoms with van der Waals surface area (Å²) in [7, 11) is 0. The Bertz CT molecular complexity index is 546. The number of amides is 2. The number of carboxylic acid groups (broad SMARTS) is 1. The lowest BCUT2D eigenvalue weighted by Gasteiger charge is -2.21. The molecule has 7 heteroatoms. The first-order valence-corrected chi connectivity index (χ1v) is 7.04. The van der Waals surface area contributed by atoms with Crippen molar-refractivity contribution in [3.63, 3.8) is 0 Å². The van der Waals surface area contributed by atoms with Gasteiger partial charge < -0.3 is 20.1 Å². The Kier molecular flexibility index (Phi) is 5.35. The fourth-order valence-electron chi connectivity index (χ4n) is 2.24. The number of benzene rings is 1. The third kappa shape index (κ3) is 4.47. The molecule has 0 saturated carbocycles.